The van der Waals surface area contributed by atoms with E-state index >= 15 is 0 Å². The molecule has 3 nitrogen and oxygen atoms in total. The van der Waals surface area contributed by atoms with Crippen LogP contribution in [0.2, 0.25) is 0 Å². The number of piperidine rings is 1. The van der Waals surface area contributed by atoms with Crippen LogP contribution in [-0.2, 0) is 6.18 Å². The number of carbonyl (C=O) groups is 1. The molecule has 1 aliphatic heterocycles. The Balaban J connectivity index is 1.63. The summed E-state index contributed by atoms with van der Waals surface area (Å²) in [5.74, 6) is 0.419. The minimum atomic E-state index is -4.49. The number of anilines is 1. The first-order chi connectivity index (χ1) is 11.4. The lowest BCUT2D eigenvalue weighted by atomic mass is 9.91. The number of para-hydroxylation sites is 1. The molecule has 7 heteroatoms. The monoisotopic (exact) mass is 354 g/mol. The summed E-state index contributed by atoms with van der Waals surface area (Å²) in [5.41, 5.74) is 0.254. The van der Waals surface area contributed by atoms with Crippen molar-refractivity contribution in [3.05, 3.63) is 52.2 Å². The molecule has 0 bridgehead atoms. The number of alkyl halides is 3. The van der Waals surface area contributed by atoms with Gasteiger partial charge in [0.05, 0.1) is 11.3 Å². The van der Waals surface area contributed by atoms with Gasteiger partial charge in [-0.1, -0.05) is 12.1 Å². The van der Waals surface area contributed by atoms with Gasteiger partial charge in [-0.15, -0.1) is 0 Å². The molecule has 0 unspecified atom stereocenters. The number of rotatable bonds is 2. The van der Waals surface area contributed by atoms with Gasteiger partial charge in [-0.3, -0.25) is 0 Å². The number of carbonyl (C=O) groups excluding carboxylic acids is 1. The Kier molecular flexibility index (Phi) is 4.80. The highest BCUT2D eigenvalue weighted by molar-refractivity contribution is 7.07. The first-order valence-corrected chi connectivity index (χ1v) is 8.63. The molecule has 1 aromatic carbocycles. The fraction of sp³-hybridized carbons (Fsp3) is 0.353. The standard InChI is InChI=1S/C17H17F3N2OS/c18-17(19,20)14-3-1-2-4-15(14)21-16(23)22-8-5-12(6-9-22)13-7-10-24-11-13/h1-4,7,10-12H,5-6,8-9H2,(H,21,23). The van der Waals surface area contributed by atoms with Crippen molar-refractivity contribution in [3.63, 3.8) is 0 Å². The Morgan fingerprint density at radius 3 is 2.50 bits per heavy atom. The van der Waals surface area contributed by atoms with E-state index in [1.807, 2.05) is 5.38 Å². The third-order valence-corrected chi connectivity index (χ3v) is 4.97. The zero-order chi connectivity index (χ0) is 17.2. The summed E-state index contributed by atoms with van der Waals surface area (Å²) in [5, 5.41) is 6.55. The van der Waals surface area contributed by atoms with Gasteiger partial charge in [0.25, 0.3) is 0 Å². The Labute approximate surface area is 142 Å². The van der Waals surface area contributed by atoms with Crippen molar-refractivity contribution in [3.8, 4) is 0 Å². The fourth-order valence-electron chi connectivity index (χ4n) is 2.96. The average molecular weight is 354 g/mol. The average Bonchev–Trinajstić information content (AvgIpc) is 3.09. The number of likely N-dealkylation sites (tertiary alicyclic amines) is 1. The van der Waals surface area contributed by atoms with E-state index < -0.39 is 17.8 Å². The van der Waals surface area contributed by atoms with Crippen LogP contribution in [0.1, 0.15) is 29.9 Å². The second-order valence-electron chi connectivity index (χ2n) is 5.79. The molecule has 0 aliphatic carbocycles. The lowest BCUT2D eigenvalue weighted by molar-refractivity contribution is -0.136. The van der Waals surface area contributed by atoms with Crippen molar-refractivity contribution in [1.82, 2.24) is 4.90 Å². The van der Waals surface area contributed by atoms with Gasteiger partial charge in [-0.2, -0.15) is 24.5 Å². The van der Waals surface area contributed by atoms with Crippen LogP contribution in [0.25, 0.3) is 0 Å². The van der Waals surface area contributed by atoms with Crippen LogP contribution < -0.4 is 5.32 Å². The molecule has 1 aromatic heterocycles. The molecule has 0 radical (unpaired) electrons. The molecular formula is C17H17F3N2OS. The number of hydrogen-bond acceptors (Lipinski definition) is 2. The maximum atomic E-state index is 13.0. The van der Waals surface area contributed by atoms with E-state index in [1.165, 1.54) is 23.8 Å². The smallest absolute Gasteiger partial charge is 0.324 e. The highest BCUT2D eigenvalue weighted by Gasteiger charge is 2.34. The van der Waals surface area contributed by atoms with Gasteiger partial charge < -0.3 is 10.2 Å². The number of thiophene rings is 1. The molecule has 24 heavy (non-hydrogen) atoms. The van der Waals surface area contributed by atoms with E-state index in [2.05, 4.69) is 16.8 Å². The molecule has 1 N–H and O–H groups in total. The van der Waals surface area contributed by atoms with Crippen LogP contribution >= 0.6 is 11.3 Å². The van der Waals surface area contributed by atoms with Crippen LogP contribution in [0.5, 0.6) is 0 Å². The van der Waals surface area contributed by atoms with Gasteiger partial charge in [-0.05, 0) is 53.3 Å². The SMILES string of the molecule is O=C(Nc1ccccc1C(F)(F)F)N1CCC(c2ccsc2)CC1. The third-order valence-electron chi connectivity index (χ3n) is 4.27. The van der Waals surface area contributed by atoms with Crippen molar-refractivity contribution in [1.29, 1.82) is 0 Å². The van der Waals surface area contributed by atoms with Gasteiger partial charge in [0, 0.05) is 13.1 Å². The molecule has 0 saturated carbocycles. The van der Waals surface area contributed by atoms with E-state index in [4.69, 9.17) is 0 Å². The molecule has 3 rings (SSSR count). The van der Waals surface area contributed by atoms with Crippen molar-refractivity contribution in [2.24, 2.45) is 0 Å². The summed E-state index contributed by atoms with van der Waals surface area (Å²) in [6.07, 6.45) is -2.84. The van der Waals surface area contributed by atoms with Crippen LogP contribution in [0.4, 0.5) is 23.7 Å². The Morgan fingerprint density at radius 2 is 1.88 bits per heavy atom. The molecule has 0 spiro atoms. The molecule has 1 fully saturated rings. The summed E-state index contributed by atoms with van der Waals surface area (Å²) in [7, 11) is 0. The summed E-state index contributed by atoms with van der Waals surface area (Å²) >= 11 is 1.65. The number of amides is 2. The Morgan fingerprint density at radius 1 is 1.17 bits per heavy atom. The highest BCUT2D eigenvalue weighted by Crippen LogP contribution is 2.35. The predicted octanol–water partition coefficient (Wildman–Crippen LogP) is 5.18. The third kappa shape index (κ3) is 3.72. The molecule has 2 amide bonds. The van der Waals surface area contributed by atoms with Crippen molar-refractivity contribution < 1.29 is 18.0 Å². The number of nitrogens with zero attached hydrogens (tertiary/aromatic N) is 1. The number of halogens is 3. The van der Waals surface area contributed by atoms with Crippen LogP contribution in [0.15, 0.2) is 41.1 Å². The summed E-state index contributed by atoms with van der Waals surface area (Å²) in [6.45, 7) is 1.08. The van der Waals surface area contributed by atoms with Gasteiger partial charge in [0.15, 0.2) is 0 Å². The topological polar surface area (TPSA) is 32.3 Å². The second-order valence-corrected chi connectivity index (χ2v) is 6.57. The minimum Gasteiger partial charge on any atom is -0.324 e. The molecule has 0 atom stereocenters. The molecule has 1 aliphatic rings. The van der Waals surface area contributed by atoms with E-state index in [9.17, 15) is 18.0 Å². The first-order valence-electron chi connectivity index (χ1n) is 7.69. The number of benzene rings is 1. The summed E-state index contributed by atoms with van der Waals surface area (Å²) < 4.78 is 39.0. The van der Waals surface area contributed by atoms with Crippen LogP contribution in [-0.4, -0.2) is 24.0 Å². The zero-order valence-corrected chi connectivity index (χ0v) is 13.7. The fourth-order valence-corrected chi connectivity index (χ4v) is 3.70. The van der Waals surface area contributed by atoms with Gasteiger partial charge >= 0.3 is 12.2 Å². The maximum Gasteiger partial charge on any atom is 0.418 e. The Hall–Kier alpha value is -2.02. The number of nitrogens with one attached hydrogen (secondary N) is 1. The van der Waals surface area contributed by atoms with Gasteiger partial charge in [-0.25, -0.2) is 4.79 Å². The number of urea groups is 1. The molecule has 1 saturated heterocycles. The first kappa shape index (κ1) is 16.8. The molecule has 2 aromatic rings. The normalized spacial score (nSPS) is 16.2. The van der Waals surface area contributed by atoms with Crippen molar-refractivity contribution in [2.45, 2.75) is 24.9 Å². The van der Waals surface area contributed by atoms with E-state index in [0.717, 1.165) is 18.9 Å². The number of hydrogen-bond donors (Lipinski definition) is 1. The van der Waals surface area contributed by atoms with E-state index in [-0.39, 0.29) is 5.69 Å². The lowest BCUT2D eigenvalue weighted by Crippen LogP contribution is -2.40. The zero-order valence-electron chi connectivity index (χ0n) is 12.8. The van der Waals surface area contributed by atoms with E-state index in [1.54, 1.807) is 16.2 Å². The van der Waals surface area contributed by atoms with Gasteiger partial charge in [0.1, 0.15) is 0 Å². The predicted molar refractivity (Wildman–Crippen MR) is 88.3 cm³/mol. The molecule has 128 valence electrons. The minimum absolute atomic E-state index is 0.199. The molecular weight excluding hydrogens is 337 g/mol. The van der Waals surface area contributed by atoms with Crippen molar-refractivity contribution in [2.75, 3.05) is 18.4 Å². The molecule has 2 heterocycles. The lowest BCUT2D eigenvalue weighted by Gasteiger charge is -2.32. The Bertz CT molecular complexity index is 692. The summed E-state index contributed by atoms with van der Waals surface area (Å²) in [6, 6.07) is 6.65. The van der Waals surface area contributed by atoms with E-state index in [0.29, 0.717) is 19.0 Å². The van der Waals surface area contributed by atoms with Gasteiger partial charge in [0.2, 0.25) is 0 Å². The quantitative estimate of drug-likeness (QED) is 0.792. The second kappa shape index (κ2) is 6.84. The van der Waals surface area contributed by atoms with Crippen LogP contribution in [0.3, 0.4) is 0 Å². The van der Waals surface area contributed by atoms with Crippen molar-refractivity contribution >= 4 is 23.1 Å². The summed E-state index contributed by atoms with van der Waals surface area (Å²) in [4.78, 5) is 13.9. The highest BCUT2D eigenvalue weighted by atomic mass is 32.1. The largest absolute Gasteiger partial charge is 0.418 e. The van der Waals surface area contributed by atoms with Crippen LogP contribution in [0, 0.1) is 0 Å². The maximum absolute atomic E-state index is 13.0.